The zero-order valence-corrected chi connectivity index (χ0v) is 11.4. The number of benzene rings is 1. The number of hydrogen-bond acceptors (Lipinski definition) is 3. The molecular formula is C15H17NO5. The Morgan fingerprint density at radius 2 is 1.52 bits per heavy atom. The Bertz CT molecular complexity index is 552. The Morgan fingerprint density at radius 1 is 0.952 bits per heavy atom. The lowest BCUT2D eigenvalue weighted by atomic mass is 9.78. The fraction of sp³-hybridized carbons (Fsp3) is 0.400. The Kier molecular flexibility index (Phi) is 4.57. The highest BCUT2D eigenvalue weighted by molar-refractivity contribution is 5.96. The van der Waals surface area contributed by atoms with Gasteiger partial charge >= 0.3 is 11.9 Å². The van der Waals surface area contributed by atoms with Crippen molar-refractivity contribution in [3.05, 3.63) is 29.8 Å². The molecule has 1 aromatic carbocycles. The van der Waals surface area contributed by atoms with Crippen LogP contribution >= 0.6 is 0 Å². The second-order valence-corrected chi connectivity index (χ2v) is 5.21. The predicted molar refractivity (Wildman–Crippen MR) is 75.1 cm³/mol. The van der Waals surface area contributed by atoms with E-state index in [9.17, 15) is 19.5 Å². The monoisotopic (exact) mass is 291 g/mol. The van der Waals surface area contributed by atoms with Crippen LogP contribution in [0.2, 0.25) is 0 Å². The van der Waals surface area contributed by atoms with Crippen LogP contribution in [0.25, 0.3) is 0 Å². The molecule has 21 heavy (non-hydrogen) atoms. The van der Waals surface area contributed by atoms with Crippen LogP contribution in [-0.2, 0) is 9.59 Å². The van der Waals surface area contributed by atoms with Crippen molar-refractivity contribution in [2.75, 3.05) is 5.32 Å². The van der Waals surface area contributed by atoms with Crippen molar-refractivity contribution in [1.29, 1.82) is 0 Å². The number of hydrogen-bond donors (Lipinski definition) is 3. The summed E-state index contributed by atoms with van der Waals surface area (Å²) in [4.78, 5) is 34.2. The molecule has 1 aliphatic rings. The van der Waals surface area contributed by atoms with Crippen molar-refractivity contribution < 1.29 is 24.6 Å². The van der Waals surface area contributed by atoms with Crippen molar-refractivity contribution in [3.8, 4) is 0 Å². The van der Waals surface area contributed by atoms with E-state index in [4.69, 9.17) is 5.11 Å². The van der Waals surface area contributed by atoms with Gasteiger partial charge in [-0.3, -0.25) is 9.59 Å². The van der Waals surface area contributed by atoms with Gasteiger partial charge in [0.25, 0.3) is 0 Å². The van der Waals surface area contributed by atoms with Gasteiger partial charge in [0, 0.05) is 5.69 Å². The van der Waals surface area contributed by atoms with E-state index < -0.39 is 23.8 Å². The summed E-state index contributed by atoms with van der Waals surface area (Å²) in [5.74, 6) is -3.46. The minimum absolute atomic E-state index is 0.133. The molecule has 0 radical (unpaired) electrons. The van der Waals surface area contributed by atoms with Gasteiger partial charge in [-0.2, -0.15) is 0 Å². The molecule has 2 rings (SSSR count). The molecule has 0 saturated heterocycles. The van der Waals surface area contributed by atoms with Crippen LogP contribution in [0.4, 0.5) is 5.69 Å². The van der Waals surface area contributed by atoms with Crippen LogP contribution in [0.5, 0.6) is 0 Å². The van der Waals surface area contributed by atoms with Crippen LogP contribution < -0.4 is 5.32 Å². The molecule has 112 valence electrons. The van der Waals surface area contributed by atoms with Crippen LogP contribution in [-0.4, -0.2) is 28.1 Å². The molecule has 0 unspecified atom stereocenters. The van der Waals surface area contributed by atoms with Gasteiger partial charge in [0.05, 0.1) is 17.4 Å². The fourth-order valence-corrected chi connectivity index (χ4v) is 2.67. The molecule has 0 heterocycles. The first-order chi connectivity index (χ1) is 9.99. The molecule has 0 spiro atoms. The molecule has 1 saturated carbocycles. The lowest BCUT2D eigenvalue weighted by molar-refractivity contribution is -0.147. The van der Waals surface area contributed by atoms with Gasteiger partial charge in [-0.1, -0.05) is 12.8 Å². The van der Waals surface area contributed by atoms with Gasteiger partial charge < -0.3 is 15.5 Å². The molecule has 1 fully saturated rings. The number of carbonyl (C=O) groups excluding carboxylic acids is 1. The standard InChI is InChI=1S/C15H17NO5/c17-13(11-3-1-2-4-12(11)15(20)21)16-10-7-5-9(6-8-10)14(18)19/h5-8,11-12H,1-4H2,(H,16,17)(H,18,19)(H,20,21)/t11-,12-/m1/s1. The minimum atomic E-state index is -1.04. The lowest BCUT2D eigenvalue weighted by Crippen LogP contribution is -2.36. The van der Waals surface area contributed by atoms with Crippen molar-refractivity contribution in [2.45, 2.75) is 25.7 Å². The number of aliphatic carboxylic acids is 1. The summed E-state index contributed by atoms with van der Waals surface area (Å²) in [6.07, 6.45) is 2.76. The Morgan fingerprint density at radius 3 is 2.05 bits per heavy atom. The average molecular weight is 291 g/mol. The normalized spacial score (nSPS) is 21.5. The lowest BCUT2D eigenvalue weighted by Gasteiger charge is -2.27. The smallest absolute Gasteiger partial charge is 0.335 e. The summed E-state index contributed by atoms with van der Waals surface area (Å²) >= 11 is 0. The van der Waals surface area contributed by atoms with Gasteiger partial charge in [-0.05, 0) is 37.1 Å². The number of amides is 1. The van der Waals surface area contributed by atoms with Gasteiger partial charge in [0.15, 0.2) is 0 Å². The van der Waals surface area contributed by atoms with Crippen LogP contribution in [0.1, 0.15) is 36.0 Å². The first kappa shape index (κ1) is 15.0. The van der Waals surface area contributed by atoms with Gasteiger partial charge in [0.2, 0.25) is 5.91 Å². The van der Waals surface area contributed by atoms with Crippen molar-refractivity contribution in [2.24, 2.45) is 11.8 Å². The molecule has 1 amide bonds. The molecule has 0 bridgehead atoms. The number of nitrogens with one attached hydrogen (secondary N) is 1. The largest absolute Gasteiger partial charge is 0.481 e. The molecule has 6 heteroatoms. The average Bonchev–Trinajstić information content (AvgIpc) is 2.47. The predicted octanol–water partition coefficient (Wildman–Crippen LogP) is 2.21. The van der Waals surface area contributed by atoms with Crippen molar-refractivity contribution in [3.63, 3.8) is 0 Å². The van der Waals surface area contributed by atoms with E-state index in [-0.39, 0.29) is 11.5 Å². The summed E-state index contributed by atoms with van der Waals surface area (Å²) in [7, 11) is 0. The Balaban J connectivity index is 2.05. The topological polar surface area (TPSA) is 104 Å². The van der Waals surface area contributed by atoms with E-state index in [1.54, 1.807) is 0 Å². The van der Waals surface area contributed by atoms with Gasteiger partial charge in [0.1, 0.15) is 0 Å². The number of rotatable bonds is 4. The van der Waals surface area contributed by atoms with Crippen molar-refractivity contribution in [1.82, 2.24) is 0 Å². The second kappa shape index (κ2) is 6.39. The molecule has 0 aromatic heterocycles. The maximum Gasteiger partial charge on any atom is 0.335 e. The van der Waals surface area contributed by atoms with E-state index in [1.165, 1.54) is 24.3 Å². The maximum absolute atomic E-state index is 12.2. The molecule has 2 atom stereocenters. The molecular weight excluding hydrogens is 274 g/mol. The third kappa shape index (κ3) is 3.59. The molecule has 3 N–H and O–H groups in total. The summed E-state index contributed by atoms with van der Waals surface area (Å²) in [5, 5.41) is 20.6. The van der Waals surface area contributed by atoms with Crippen LogP contribution in [0, 0.1) is 11.8 Å². The van der Waals surface area contributed by atoms with Crippen LogP contribution in [0.15, 0.2) is 24.3 Å². The van der Waals surface area contributed by atoms with E-state index in [1.807, 2.05) is 0 Å². The molecule has 0 aliphatic heterocycles. The third-order valence-corrected chi connectivity index (χ3v) is 3.82. The number of carboxylic acids is 2. The number of carboxylic acid groups (broad SMARTS) is 2. The summed E-state index contributed by atoms with van der Waals surface area (Å²) in [5.41, 5.74) is 0.605. The third-order valence-electron chi connectivity index (χ3n) is 3.82. The SMILES string of the molecule is O=C(O)c1ccc(NC(=O)[C@@H]2CCCC[C@H]2C(=O)O)cc1. The Hall–Kier alpha value is -2.37. The first-order valence-electron chi connectivity index (χ1n) is 6.86. The number of anilines is 1. The highest BCUT2D eigenvalue weighted by Crippen LogP contribution is 2.31. The zero-order chi connectivity index (χ0) is 15.4. The summed E-state index contributed by atoms with van der Waals surface area (Å²) < 4.78 is 0. The van der Waals surface area contributed by atoms with Crippen LogP contribution in [0.3, 0.4) is 0 Å². The number of carbonyl (C=O) groups is 3. The van der Waals surface area contributed by atoms with E-state index in [0.717, 1.165) is 12.8 Å². The summed E-state index contributed by atoms with van der Waals surface area (Å²) in [6, 6.07) is 5.79. The highest BCUT2D eigenvalue weighted by atomic mass is 16.4. The fourth-order valence-electron chi connectivity index (χ4n) is 2.67. The van der Waals surface area contributed by atoms with Crippen molar-refractivity contribution >= 4 is 23.5 Å². The van der Waals surface area contributed by atoms with Gasteiger partial charge in [-0.25, -0.2) is 4.79 Å². The quantitative estimate of drug-likeness (QED) is 0.789. The van der Waals surface area contributed by atoms with E-state index in [2.05, 4.69) is 5.32 Å². The van der Waals surface area contributed by atoms with Gasteiger partial charge in [-0.15, -0.1) is 0 Å². The summed E-state index contributed by atoms with van der Waals surface area (Å²) in [6.45, 7) is 0. The first-order valence-corrected chi connectivity index (χ1v) is 6.86. The highest BCUT2D eigenvalue weighted by Gasteiger charge is 2.35. The number of aromatic carboxylic acids is 1. The maximum atomic E-state index is 12.2. The Labute approximate surface area is 121 Å². The molecule has 1 aliphatic carbocycles. The molecule has 6 nitrogen and oxygen atoms in total. The molecule has 1 aromatic rings. The van der Waals surface area contributed by atoms with E-state index in [0.29, 0.717) is 18.5 Å². The zero-order valence-electron chi connectivity index (χ0n) is 11.4. The van der Waals surface area contributed by atoms with E-state index >= 15 is 0 Å². The second-order valence-electron chi connectivity index (χ2n) is 5.21. The minimum Gasteiger partial charge on any atom is -0.481 e.